The summed E-state index contributed by atoms with van der Waals surface area (Å²) in [6.45, 7) is 7.76. The molecule has 1 atom stereocenters. The third kappa shape index (κ3) is 4.40. The highest BCUT2D eigenvalue weighted by Gasteiger charge is 2.28. The Kier molecular flexibility index (Phi) is 5.07. The summed E-state index contributed by atoms with van der Waals surface area (Å²) < 4.78 is 5.50. The summed E-state index contributed by atoms with van der Waals surface area (Å²) in [6.07, 6.45) is 6.47. The second-order valence-corrected chi connectivity index (χ2v) is 5.19. The van der Waals surface area contributed by atoms with Crippen molar-refractivity contribution in [3.8, 4) is 0 Å². The van der Waals surface area contributed by atoms with Crippen molar-refractivity contribution in [2.24, 2.45) is 0 Å². The van der Waals surface area contributed by atoms with E-state index >= 15 is 0 Å². The van der Waals surface area contributed by atoms with Gasteiger partial charge in [0.15, 0.2) is 0 Å². The molecule has 0 bridgehead atoms. The van der Waals surface area contributed by atoms with Crippen molar-refractivity contribution in [1.29, 1.82) is 0 Å². The van der Waals surface area contributed by atoms with Gasteiger partial charge in [-0.25, -0.2) is 0 Å². The predicted molar refractivity (Wildman–Crippen MR) is 66.7 cm³/mol. The molecule has 1 aliphatic carbocycles. The molecule has 1 saturated heterocycles. The average molecular weight is 226 g/mol. The summed E-state index contributed by atoms with van der Waals surface area (Å²) in [5.74, 6) is 0. The number of nitrogens with one attached hydrogen (secondary N) is 1. The van der Waals surface area contributed by atoms with E-state index in [9.17, 15) is 0 Å². The molecule has 3 nitrogen and oxygen atoms in total. The molecule has 1 aliphatic heterocycles. The van der Waals surface area contributed by atoms with Crippen LogP contribution < -0.4 is 5.32 Å². The monoisotopic (exact) mass is 226 g/mol. The van der Waals surface area contributed by atoms with Gasteiger partial charge in [0.05, 0.1) is 0 Å². The number of rotatable bonds is 8. The Balaban J connectivity index is 1.47. The van der Waals surface area contributed by atoms with E-state index in [0.29, 0.717) is 0 Å². The third-order valence-electron chi connectivity index (χ3n) is 3.43. The molecular formula is C13H26N2O. The first-order chi connectivity index (χ1) is 7.88. The number of hydrogen-bond acceptors (Lipinski definition) is 3. The quantitative estimate of drug-likeness (QED) is 0.637. The minimum Gasteiger partial charge on any atom is -0.381 e. The van der Waals surface area contributed by atoms with Crippen LogP contribution in [0.4, 0.5) is 0 Å². The molecule has 0 aromatic heterocycles. The first-order valence-electron chi connectivity index (χ1n) is 6.94. The Labute approximate surface area is 99.5 Å². The zero-order valence-corrected chi connectivity index (χ0v) is 10.6. The van der Waals surface area contributed by atoms with E-state index in [1.807, 2.05) is 0 Å². The first-order valence-corrected chi connectivity index (χ1v) is 6.94. The summed E-state index contributed by atoms with van der Waals surface area (Å²) in [7, 11) is 0. The molecule has 2 aliphatic rings. The highest BCUT2D eigenvalue weighted by molar-refractivity contribution is 4.89. The number of likely N-dealkylation sites (tertiary alicyclic amines) is 1. The van der Waals surface area contributed by atoms with Gasteiger partial charge in [-0.3, -0.25) is 0 Å². The molecule has 1 saturated carbocycles. The molecule has 0 spiro atoms. The van der Waals surface area contributed by atoms with Crippen LogP contribution in [0.25, 0.3) is 0 Å². The van der Waals surface area contributed by atoms with Gasteiger partial charge in [-0.1, -0.05) is 6.92 Å². The van der Waals surface area contributed by atoms with E-state index in [0.717, 1.165) is 31.7 Å². The zero-order chi connectivity index (χ0) is 11.2. The molecule has 1 N–H and O–H groups in total. The predicted octanol–water partition coefficient (Wildman–Crippen LogP) is 1.63. The van der Waals surface area contributed by atoms with Gasteiger partial charge in [0.25, 0.3) is 0 Å². The summed E-state index contributed by atoms with van der Waals surface area (Å²) in [4.78, 5) is 2.58. The Morgan fingerprint density at radius 3 is 2.81 bits per heavy atom. The van der Waals surface area contributed by atoms with Crippen LogP contribution in [0.3, 0.4) is 0 Å². The molecule has 1 heterocycles. The van der Waals surface area contributed by atoms with Crippen LogP contribution in [-0.4, -0.2) is 49.8 Å². The lowest BCUT2D eigenvalue weighted by Gasteiger charge is -2.16. The molecular weight excluding hydrogens is 200 g/mol. The van der Waals surface area contributed by atoms with Gasteiger partial charge in [0, 0.05) is 38.4 Å². The molecule has 0 radical (unpaired) electrons. The van der Waals surface area contributed by atoms with E-state index in [4.69, 9.17) is 4.74 Å². The second-order valence-electron chi connectivity index (χ2n) is 5.19. The van der Waals surface area contributed by atoms with E-state index in [1.165, 1.54) is 45.3 Å². The largest absolute Gasteiger partial charge is 0.381 e. The minimum atomic E-state index is 0.768. The van der Waals surface area contributed by atoms with E-state index < -0.39 is 0 Å². The fourth-order valence-electron chi connectivity index (χ4n) is 2.39. The fraction of sp³-hybridized carbons (Fsp3) is 1.00. The van der Waals surface area contributed by atoms with Gasteiger partial charge < -0.3 is 15.0 Å². The van der Waals surface area contributed by atoms with E-state index in [2.05, 4.69) is 17.1 Å². The molecule has 16 heavy (non-hydrogen) atoms. The van der Waals surface area contributed by atoms with E-state index in [1.54, 1.807) is 0 Å². The second kappa shape index (κ2) is 6.58. The van der Waals surface area contributed by atoms with Gasteiger partial charge in [-0.15, -0.1) is 0 Å². The van der Waals surface area contributed by atoms with Crippen molar-refractivity contribution in [1.82, 2.24) is 10.2 Å². The lowest BCUT2D eigenvalue weighted by atomic mass is 10.2. The molecule has 3 heteroatoms. The molecule has 94 valence electrons. The van der Waals surface area contributed by atoms with Gasteiger partial charge in [0.1, 0.15) is 0 Å². The van der Waals surface area contributed by atoms with Gasteiger partial charge in [-0.05, 0) is 38.6 Å². The van der Waals surface area contributed by atoms with Crippen LogP contribution in [0.2, 0.25) is 0 Å². The normalized spacial score (nSPS) is 26.4. The van der Waals surface area contributed by atoms with Crippen LogP contribution in [0.15, 0.2) is 0 Å². The standard InChI is InChI=1S/C13H26N2O/c1-2-9-16-10-3-7-15-8-6-13(11-15)14-12-4-5-12/h12-14H,2-11H2,1H3. The highest BCUT2D eigenvalue weighted by Crippen LogP contribution is 2.21. The number of nitrogens with zero attached hydrogens (tertiary/aromatic N) is 1. The van der Waals surface area contributed by atoms with Crippen molar-refractivity contribution in [2.75, 3.05) is 32.8 Å². The van der Waals surface area contributed by atoms with Crippen molar-refractivity contribution in [2.45, 2.75) is 51.1 Å². The highest BCUT2D eigenvalue weighted by atomic mass is 16.5. The maximum Gasteiger partial charge on any atom is 0.0478 e. The minimum absolute atomic E-state index is 0.768. The Hall–Kier alpha value is -0.120. The van der Waals surface area contributed by atoms with Crippen molar-refractivity contribution in [3.63, 3.8) is 0 Å². The van der Waals surface area contributed by atoms with Crippen molar-refractivity contribution < 1.29 is 4.74 Å². The van der Waals surface area contributed by atoms with Gasteiger partial charge >= 0.3 is 0 Å². The third-order valence-corrected chi connectivity index (χ3v) is 3.43. The molecule has 2 fully saturated rings. The fourth-order valence-corrected chi connectivity index (χ4v) is 2.39. The molecule has 2 rings (SSSR count). The summed E-state index contributed by atoms with van der Waals surface area (Å²) >= 11 is 0. The maximum absolute atomic E-state index is 5.50. The zero-order valence-electron chi connectivity index (χ0n) is 10.6. The van der Waals surface area contributed by atoms with Crippen LogP contribution in [0, 0.1) is 0 Å². The lowest BCUT2D eigenvalue weighted by molar-refractivity contribution is 0.124. The smallest absolute Gasteiger partial charge is 0.0478 e. The Bertz CT molecular complexity index is 194. The van der Waals surface area contributed by atoms with Crippen molar-refractivity contribution >= 4 is 0 Å². The van der Waals surface area contributed by atoms with Crippen LogP contribution >= 0.6 is 0 Å². The average Bonchev–Trinajstić information content (AvgIpc) is 2.98. The molecule has 1 unspecified atom stereocenters. The number of ether oxygens (including phenoxy) is 1. The first kappa shape index (κ1) is 12.3. The van der Waals surface area contributed by atoms with Crippen LogP contribution in [-0.2, 0) is 4.74 Å². The topological polar surface area (TPSA) is 24.5 Å². The molecule has 0 aromatic carbocycles. The lowest BCUT2D eigenvalue weighted by Crippen LogP contribution is -2.34. The van der Waals surface area contributed by atoms with Crippen LogP contribution in [0.5, 0.6) is 0 Å². The van der Waals surface area contributed by atoms with Crippen LogP contribution in [0.1, 0.15) is 39.0 Å². The Morgan fingerprint density at radius 1 is 1.19 bits per heavy atom. The van der Waals surface area contributed by atoms with Crippen molar-refractivity contribution in [3.05, 3.63) is 0 Å². The summed E-state index contributed by atoms with van der Waals surface area (Å²) in [5, 5.41) is 3.72. The number of hydrogen-bond donors (Lipinski definition) is 1. The van der Waals surface area contributed by atoms with Gasteiger partial charge in [0.2, 0.25) is 0 Å². The molecule has 0 amide bonds. The van der Waals surface area contributed by atoms with Gasteiger partial charge in [-0.2, -0.15) is 0 Å². The maximum atomic E-state index is 5.50. The Morgan fingerprint density at radius 2 is 2.06 bits per heavy atom. The SMILES string of the molecule is CCCOCCCN1CCC(NC2CC2)C1. The summed E-state index contributed by atoms with van der Waals surface area (Å²) in [5.41, 5.74) is 0. The molecule has 0 aromatic rings. The van der Waals surface area contributed by atoms with E-state index in [-0.39, 0.29) is 0 Å². The summed E-state index contributed by atoms with van der Waals surface area (Å²) in [6, 6.07) is 1.63.